The Kier molecular flexibility index (Phi) is 4.32. The van der Waals surface area contributed by atoms with E-state index >= 15 is 0 Å². The third-order valence-electron chi connectivity index (χ3n) is 2.00. The highest BCUT2D eigenvalue weighted by molar-refractivity contribution is 7.99. The average molecular weight is 200 g/mol. The smallest absolute Gasteiger partial charge is 0.240 e. The van der Waals surface area contributed by atoms with Gasteiger partial charge in [0, 0.05) is 31.6 Å². The Morgan fingerprint density at radius 3 is 3.15 bits per heavy atom. The van der Waals surface area contributed by atoms with Crippen molar-refractivity contribution >= 4 is 17.7 Å². The third-order valence-corrected chi connectivity index (χ3v) is 3.06. The Morgan fingerprint density at radius 1 is 1.85 bits per heavy atom. The van der Waals surface area contributed by atoms with Crippen LogP contribution in [0.1, 0.15) is 0 Å². The van der Waals surface area contributed by atoms with E-state index in [-0.39, 0.29) is 11.9 Å². The van der Waals surface area contributed by atoms with Crippen molar-refractivity contribution < 1.29 is 4.79 Å². The summed E-state index contributed by atoms with van der Waals surface area (Å²) in [4.78, 5) is 13.4. The van der Waals surface area contributed by atoms with E-state index in [1.54, 1.807) is 11.0 Å². The van der Waals surface area contributed by atoms with Gasteiger partial charge in [-0.05, 0) is 0 Å². The van der Waals surface area contributed by atoms with Crippen LogP contribution in [0.2, 0.25) is 0 Å². The molecule has 13 heavy (non-hydrogen) atoms. The van der Waals surface area contributed by atoms with E-state index in [1.165, 1.54) is 0 Å². The van der Waals surface area contributed by atoms with Gasteiger partial charge in [-0.2, -0.15) is 11.8 Å². The van der Waals surface area contributed by atoms with E-state index in [0.717, 1.165) is 18.1 Å². The normalized spacial score (nSPS) is 22.4. The zero-order chi connectivity index (χ0) is 9.68. The van der Waals surface area contributed by atoms with Gasteiger partial charge in [0.25, 0.3) is 0 Å². The van der Waals surface area contributed by atoms with Crippen molar-refractivity contribution in [2.24, 2.45) is 0 Å². The van der Waals surface area contributed by atoms with Gasteiger partial charge in [0.05, 0.1) is 6.04 Å². The van der Waals surface area contributed by atoms with Gasteiger partial charge < -0.3 is 10.2 Å². The molecule has 1 unspecified atom stereocenters. The Bertz CT molecular complexity index is 190. The van der Waals surface area contributed by atoms with E-state index in [2.05, 4.69) is 11.9 Å². The molecule has 1 saturated heterocycles. The molecule has 0 aromatic carbocycles. The highest BCUT2D eigenvalue weighted by Crippen LogP contribution is 2.09. The molecule has 3 nitrogen and oxygen atoms in total. The van der Waals surface area contributed by atoms with Crippen LogP contribution in [-0.4, -0.2) is 48.5 Å². The van der Waals surface area contributed by atoms with Gasteiger partial charge in [0.2, 0.25) is 5.91 Å². The van der Waals surface area contributed by atoms with Crippen LogP contribution in [0.25, 0.3) is 0 Å². The van der Waals surface area contributed by atoms with Crippen molar-refractivity contribution in [2.45, 2.75) is 6.04 Å². The molecule has 0 aliphatic carbocycles. The fourth-order valence-electron chi connectivity index (χ4n) is 1.27. The van der Waals surface area contributed by atoms with Gasteiger partial charge in [0.15, 0.2) is 0 Å². The molecular weight excluding hydrogens is 184 g/mol. The lowest BCUT2D eigenvalue weighted by molar-refractivity contribution is -0.131. The molecule has 1 heterocycles. The highest BCUT2D eigenvalue weighted by Gasteiger charge is 2.22. The third kappa shape index (κ3) is 3.04. The highest BCUT2D eigenvalue weighted by atomic mass is 32.2. The van der Waals surface area contributed by atoms with E-state index in [4.69, 9.17) is 0 Å². The summed E-state index contributed by atoms with van der Waals surface area (Å²) in [6.07, 6.45) is 1.74. The van der Waals surface area contributed by atoms with Gasteiger partial charge in [-0.25, -0.2) is 0 Å². The van der Waals surface area contributed by atoms with Crippen LogP contribution in [-0.2, 0) is 4.79 Å². The molecule has 0 radical (unpaired) electrons. The molecule has 0 aromatic heterocycles. The standard InChI is InChI=1S/C9H16N2OS/c1-3-5-11(2)9(12)8-7-13-6-4-10-8/h3,8,10H,1,4-7H2,2H3. The molecule has 4 heteroatoms. The molecule has 1 amide bonds. The largest absolute Gasteiger partial charge is 0.341 e. The summed E-state index contributed by atoms with van der Waals surface area (Å²) >= 11 is 1.83. The second-order valence-corrected chi connectivity index (χ2v) is 4.24. The first-order valence-electron chi connectivity index (χ1n) is 4.42. The van der Waals surface area contributed by atoms with Crippen LogP contribution in [0, 0.1) is 0 Å². The van der Waals surface area contributed by atoms with Crippen molar-refractivity contribution in [2.75, 3.05) is 31.6 Å². The quantitative estimate of drug-likeness (QED) is 0.667. The SMILES string of the molecule is C=CCN(C)C(=O)C1CSCCN1. The number of nitrogens with one attached hydrogen (secondary N) is 1. The topological polar surface area (TPSA) is 32.3 Å². The van der Waals surface area contributed by atoms with Crippen LogP contribution in [0.5, 0.6) is 0 Å². The summed E-state index contributed by atoms with van der Waals surface area (Å²) in [7, 11) is 1.81. The molecule has 0 saturated carbocycles. The molecule has 1 fully saturated rings. The summed E-state index contributed by atoms with van der Waals surface area (Å²) in [5, 5.41) is 3.21. The summed E-state index contributed by atoms with van der Waals surface area (Å²) in [5.41, 5.74) is 0. The van der Waals surface area contributed by atoms with E-state index in [9.17, 15) is 4.79 Å². The minimum absolute atomic E-state index is 0.00343. The van der Waals surface area contributed by atoms with Crippen LogP contribution >= 0.6 is 11.8 Å². The number of rotatable bonds is 3. The van der Waals surface area contributed by atoms with Gasteiger partial charge in [-0.15, -0.1) is 6.58 Å². The maximum absolute atomic E-state index is 11.7. The average Bonchev–Trinajstić information content (AvgIpc) is 2.18. The lowest BCUT2D eigenvalue weighted by atomic mass is 10.3. The predicted molar refractivity (Wildman–Crippen MR) is 56.9 cm³/mol. The molecule has 0 spiro atoms. The molecule has 1 N–H and O–H groups in total. The van der Waals surface area contributed by atoms with Crippen molar-refractivity contribution in [3.05, 3.63) is 12.7 Å². The lowest BCUT2D eigenvalue weighted by Gasteiger charge is -2.26. The summed E-state index contributed by atoms with van der Waals surface area (Å²) in [6.45, 7) is 5.17. The van der Waals surface area contributed by atoms with Crippen LogP contribution in [0.4, 0.5) is 0 Å². The maximum atomic E-state index is 11.7. The van der Waals surface area contributed by atoms with Gasteiger partial charge in [-0.3, -0.25) is 4.79 Å². The Hall–Kier alpha value is -0.480. The second kappa shape index (κ2) is 5.29. The first-order chi connectivity index (χ1) is 6.25. The van der Waals surface area contributed by atoms with E-state index in [1.807, 2.05) is 18.8 Å². The molecule has 1 aliphatic rings. The molecule has 1 aliphatic heterocycles. The first-order valence-corrected chi connectivity index (χ1v) is 5.58. The Balaban J connectivity index is 2.40. The number of nitrogens with zero attached hydrogens (tertiary/aromatic N) is 1. The number of hydrogen-bond acceptors (Lipinski definition) is 3. The second-order valence-electron chi connectivity index (χ2n) is 3.09. The number of carbonyl (C=O) groups excluding carboxylic acids is 1. The number of thioether (sulfide) groups is 1. The number of carbonyl (C=O) groups is 1. The van der Waals surface area contributed by atoms with Crippen molar-refractivity contribution in [1.29, 1.82) is 0 Å². The van der Waals surface area contributed by atoms with Crippen molar-refractivity contribution in [3.8, 4) is 0 Å². The Labute approximate surface area is 83.6 Å². The molecule has 0 bridgehead atoms. The van der Waals surface area contributed by atoms with E-state index < -0.39 is 0 Å². The fraction of sp³-hybridized carbons (Fsp3) is 0.667. The molecule has 74 valence electrons. The minimum Gasteiger partial charge on any atom is -0.341 e. The molecule has 1 rings (SSSR count). The summed E-state index contributed by atoms with van der Waals surface area (Å²) in [5.74, 6) is 2.17. The summed E-state index contributed by atoms with van der Waals surface area (Å²) < 4.78 is 0. The Morgan fingerprint density at radius 2 is 2.62 bits per heavy atom. The predicted octanol–water partition coefficient (Wildman–Crippen LogP) is 0.336. The van der Waals surface area contributed by atoms with Gasteiger partial charge in [-0.1, -0.05) is 6.08 Å². The number of likely N-dealkylation sites (N-methyl/N-ethyl adjacent to an activating group) is 1. The van der Waals surface area contributed by atoms with E-state index in [0.29, 0.717) is 6.54 Å². The number of amides is 1. The van der Waals surface area contributed by atoms with Crippen molar-refractivity contribution in [1.82, 2.24) is 10.2 Å². The summed E-state index contributed by atoms with van der Waals surface area (Å²) in [6, 6.07) is 0.00343. The zero-order valence-corrected chi connectivity index (χ0v) is 8.77. The molecule has 0 aromatic rings. The fourth-order valence-corrected chi connectivity index (χ4v) is 2.20. The van der Waals surface area contributed by atoms with Gasteiger partial charge in [0.1, 0.15) is 0 Å². The minimum atomic E-state index is 0.00343. The molecular formula is C9H16N2OS. The number of hydrogen-bond donors (Lipinski definition) is 1. The van der Waals surface area contributed by atoms with Crippen LogP contribution in [0.15, 0.2) is 12.7 Å². The zero-order valence-electron chi connectivity index (χ0n) is 7.95. The van der Waals surface area contributed by atoms with Crippen LogP contribution < -0.4 is 5.32 Å². The monoisotopic (exact) mass is 200 g/mol. The van der Waals surface area contributed by atoms with Crippen LogP contribution in [0.3, 0.4) is 0 Å². The first kappa shape index (κ1) is 10.6. The van der Waals surface area contributed by atoms with Crippen molar-refractivity contribution in [3.63, 3.8) is 0 Å². The van der Waals surface area contributed by atoms with Gasteiger partial charge >= 0.3 is 0 Å². The molecule has 1 atom stereocenters. The maximum Gasteiger partial charge on any atom is 0.240 e. The lowest BCUT2D eigenvalue weighted by Crippen LogP contribution is -2.49.